The number of carboxylic acids is 1. The van der Waals surface area contributed by atoms with Crippen molar-refractivity contribution in [2.24, 2.45) is 0 Å². The molecule has 1 rings (SSSR count). The van der Waals surface area contributed by atoms with E-state index < -0.39 is 54.1 Å². The Morgan fingerprint density at radius 3 is 1.94 bits per heavy atom. The molecule has 0 aromatic carbocycles. The largest absolute Gasteiger partial charge is 0.479 e. The van der Waals surface area contributed by atoms with Crippen LogP contribution in [0.5, 0.6) is 0 Å². The topological polar surface area (TPSA) is 57.6 Å². The van der Waals surface area contributed by atoms with Crippen molar-refractivity contribution in [3.8, 4) is 0 Å². The molecule has 0 aromatic rings. The second-order valence-corrected chi connectivity index (χ2v) is 3.72. The summed E-state index contributed by atoms with van der Waals surface area (Å²) >= 11 is 0. The zero-order chi connectivity index (χ0) is 14.4. The van der Waals surface area contributed by atoms with E-state index in [2.05, 4.69) is 0 Å². The number of likely N-dealkylation sites (tertiary alicyclic amines) is 1. The Morgan fingerprint density at radius 1 is 1.11 bits per heavy atom. The van der Waals surface area contributed by atoms with Gasteiger partial charge in [-0.15, -0.1) is 0 Å². The molecule has 1 aliphatic rings. The van der Waals surface area contributed by atoms with Gasteiger partial charge in [-0.1, -0.05) is 0 Å². The van der Waals surface area contributed by atoms with Crippen molar-refractivity contribution in [1.82, 2.24) is 4.90 Å². The highest BCUT2D eigenvalue weighted by Gasteiger charge is 2.69. The summed E-state index contributed by atoms with van der Waals surface area (Å²) in [6.45, 7) is -0.899. The number of carbonyl (C=O) groups is 2. The lowest BCUT2D eigenvalue weighted by molar-refractivity contribution is -0.241. The van der Waals surface area contributed by atoms with Crippen molar-refractivity contribution in [3.63, 3.8) is 0 Å². The molecule has 0 aliphatic carbocycles. The molecule has 1 atom stereocenters. The summed E-state index contributed by atoms with van der Waals surface area (Å²) < 4.78 is 74.6. The van der Waals surface area contributed by atoms with Crippen molar-refractivity contribution in [3.05, 3.63) is 0 Å². The van der Waals surface area contributed by atoms with Crippen LogP contribution in [0.25, 0.3) is 0 Å². The molecule has 10 heteroatoms. The van der Waals surface area contributed by atoms with Crippen LogP contribution in [0.1, 0.15) is 12.8 Å². The van der Waals surface area contributed by atoms with Crippen molar-refractivity contribution in [1.29, 1.82) is 0 Å². The van der Waals surface area contributed by atoms with Crippen LogP contribution in [0.2, 0.25) is 0 Å². The average molecular weight is 279 g/mol. The summed E-state index contributed by atoms with van der Waals surface area (Å²) in [7, 11) is 0. The van der Waals surface area contributed by atoms with Gasteiger partial charge in [0, 0.05) is 6.54 Å². The first-order chi connectivity index (χ1) is 7.94. The molecule has 0 aromatic heterocycles. The van der Waals surface area contributed by atoms with Gasteiger partial charge >= 0.3 is 24.2 Å². The van der Waals surface area contributed by atoms with Crippen LogP contribution in [0.4, 0.5) is 26.3 Å². The van der Waals surface area contributed by atoms with E-state index in [1.54, 1.807) is 0 Å². The SMILES string of the molecule is O=C(N1CCC[C@@]1(C(=O)O)C(F)(F)F)C(F)(F)F. The summed E-state index contributed by atoms with van der Waals surface area (Å²) in [5.74, 6) is -5.30. The second kappa shape index (κ2) is 4.02. The van der Waals surface area contributed by atoms with Gasteiger partial charge in [-0.05, 0) is 12.8 Å². The van der Waals surface area contributed by atoms with Crippen molar-refractivity contribution < 1.29 is 41.0 Å². The number of aliphatic carboxylic acids is 1. The molecule has 1 aliphatic heterocycles. The van der Waals surface area contributed by atoms with E-state index in [-0.39, 0.29) is 0 Å². The summed E-state index contributed by atoms with van der Waals surface area (Å²) in [4.78, 5) is 20.9. The van der Waals surface area contributed by atoms with E-state index in [0.29, 0.717) is 0 Å². The van der Waals surface area contributed by atoms with Crippen LogP contribution < -0.4 is 0 Å². The van der Waals surface area contributed by atoms with Crippen molar-refractivity contribution >= 4 is 11.9 Å². The Balaban J connectivity index is 3.27. The second-order valence-electron chi connectivity index (χ2n) is 3.72. The van der Waals surface area contributed by atoms with Gasteiger partial charge in [0.15, 0.2) is 0 Å². The Hall–Kier alpha value is -1.48. The predicted molar refractivity (Wildman–Crippen MR) is 43.4 cm³/mol. The molecule has 0 unspecified atom stereocenters. The standard InChI is InChI=1S/C8H7F6NO3/c9-7(10,11)4(16)15-3-1-2-6(15,5(17)18)8(12,13)14/h1-3H2,(H,17,18)/t6-/m1/s1. The van der Waals surface area contributed by atoms with Crippen LogP contribution in [-0.2, 0) is 9.59 Å². The Morgan fingerprint density at radius 2 is 1.61 bits per heavy atom. The molecule has 0 spiro atoms. The minimum atomic E-state index is -5.55. The van der Waals surface area contributed by atoms with Crippen LogP contribution in [0.15, 0.2) is 0 Å². The normalized spacial score (nSPS) is 25.3. The van der Waals surface area contributed by atoms with Crippen LogP contribution in [-0.4, -0.2) is 46.3 Å². The first-order valence-corrected chi connectivity index (χ1v) is 4.63. The fraction of sp³-hybridized carbons (Fsp3) is 0.750. The Bertz CT molecular complexity index is 376. The van der Waals surface area contributed by atoms with Gasteiger partial charge in [-0.25, -0.2) is 4.79 Å². The van der Waals surface area contributed by atoms with E-state index in [9.17, 15) is 35.9 Å². The number of alkyl halides is 6. The Labute approximate surface area is 96.2 Å². The summed E-state index contributed by atoms with van der Waals surface area (Å²) in [5, 5.41) is 8.60. The number of rotatable bonds is 1. The minimum absolute atomic E-state index is 0.465. The number of hydrogen-bond acceptors (Lipinski definition) is 2. The number of hydrogen-bond donors (Lipinski definition) is 1. The van der Waals surface area contributed by atoms with E-state index in [1.165, 1.54) is 0 Å². The number of nitrogens with zero attached hydrogens (tertiary/aromatic N) is 1. The van der Waals surface area contributed by atoms with Gasteiger partial charge in [0.25, 0.3) is 0 Å². The lowest BCUT2D eigenvalue weighted by Crippen LogP contribution is -2.64. The van der Waals surface area contributed by atoms with Crippen LogP contribution in [0.3, 0.4) is 0 Å². The number of carboxylic acid groups (broad SMARTS) is 1. The highest BCUT2D eigenvalue weighted by molar-refractivity contribution is 5.91. The van der Waals surface area contributed by atoms with E-state index >= 15 is 0 Å². The monoisotopic (exact) mass is 279 g/mol. The van der Waals surface area contributed by atoms with Crippen molar-refractivity contribution in [2.45, 2.75) is 30.7 Å². The smallest absolute Gasteiger partial charge is 0.471 e. The molecule has 1 fully saturated rings. The molecule has 1 amide bonds. The molecular weight excluding hydrogens is 272 g/mol. The van der Waals surface area contributed by atoms with Crippen LogP contribution in [0, 0.1) is 0 Å². The van der Waals surface area contributed by atoms with Crippen molar-refractivity contribution in [2.75, 3.05) is 6.54 Å². The highest BCUT2D eigenvalue weighted by Crippen LogP contribution is 2.44. The average Bonchev–Trinajstić information content (AvgIpc) is 2.58. The quantitative estimate of drug-likeness (QED) is 0.741. The van der Waals surface area contributed by atoms with Gasteiger partial charge in [0.2, 0.25) is 5.54 Å². The summed E-state index contributed by atoms with van der Waals surface area (Å²) in [5.41, 5.74) is -3.79. The zero-order valence-electron chi connectivity index (χ0n) is 8.60. The van der Waals surface area contributed by atoms with Gasteiger partial charge in [-0.2, -0.15) is 26.3 Å². The van der Waals surface area contributed by atoms with E-state index in [0.717, 1.165) is 0 Å². The highest BCUT2D eigenvalue weighted by atomic mass is 19.4. The lowest BCUT2D eigenvalue weighted by Gasteiger charge is -2.36. The summed E-state index contributed by atoms with van der Waals surface area (Å²) in [6.07, 6.45) is -12.6. The summed E-state index contributed by atoms with van der Waals surface area (Å²) in [6, 6.07) is 0. The zero-order valence-corrected chi connectivity index (χ0v) is 8.60. The maximum atomic E-state index is 12.7. The molecule has 1 N–H and O–H groups in total. The molecule has 104 valence electrons. The Kier molecular flexibility index (Phi) is 3.26. The van der Waals surface area contributed by atoms with Gasteiger partial charge in [0.1, 0.15) is 0 Å². The number of amides is 1. The van der Waals surface area contributed by atoms with Gasteiger partial charge < -0.3 is 10.0 Å². The van der Waals surface area contributed by atoms with Crippen LogP contribution >= 0.6 is 0 Å². The van der Waals surface area contributed by atoms with E-state index in [1.807, 2.05) is 0 Å². The maximum Gasteiger partial charge on any atom is 0.471 e. The third-order valence-corrected chi connectivity index (χ3v) is 2.69. The molecule has 0 saturated carbocycles. The van der Waals surface area contributed by atoms with E-state index in [4.69, 9.17) is 5.11 Å². The molecule has 1 saturated heterocycles. The number of halogens is 6. The maximum absolute atomic E-state index is 12.7. The number of carbonyl (C=O) groups excluding carboxylic acids is 1. The fourth-order valence-electron chi connectivity index (χ4n) is 1.89. The minimum Gasteiger partial charge on any atom is -0.479 e. The predicted octanol–water partition coefficient (Wildman–Crippen LogP) is 1.56. The fourth-order valence-corrected chi connectivity index (χ4v) is 1.89. The van der Waals surface area contributed by atoms with Gasteiger partial charge in [-0.3, -0.25) is 4.79 Å². The third kappa shape index (κ3) is 1.99. The molecular formula is C8H7F6NO3. The first kappa shape index (κ1) is 14.6. The molecule has 18 heavy (non-hydrogen) atoms. The molecule has 1 heterocycles. The molecule has 0 bridgehead atoms. The lowest BCUT2D eigenvalue weighted by atomic mass is 9.95. The molecule has 0 radical (unpaired) electrons. The third-order valence-electron chi connectivity index (χ3n) is 2.69. The first-order valence-electron chi connectivity index (χ1n) is 4.63. The molecule has 4 nitrogen and oxygen atoms in total. The van der Waals surface area contributed by atoms with Gasteiger partial charge in [0.05, 0.1) is 0 Å².